The number of nitrogens with one attached hydrogen (secondary N) is 1. The number of carbonyl (C=O) groups is 3. The normalized spacial score (nSPS) is 20.3. The molecule has 2 aromatic rings. The predicted octanol–water partition coefficient (Wildman–Crippen LogP) is 4.02. The molecule has 1 heterocycles. The molecular weight excluding hydrogens is 420 g/mol. The zero-order valence-electron chi connectivity index (χ0n) is 19.2. The molecule has 0 radical (unpaired) electrons. The summed E-state index contributed by atoms with van der Waals surface area (Å²) in [5.74, 6) is -1.72. The fourth-order valence-corrected chi connectivity index (χ4v) is 4.99. The van der Waals surface area contributed by atoms with Crippen molar-refractivity contribution in [2.45, 2.75) is 51.1 Å². The van der Waals surface area contributed by atoms with E-state index >= 15 is 0 Å². The number of hydrogen-bond donors (Lipinski definition) is 2. The molecule has 174 valence electrons. The molecule has 0 aromatic heterocycles. The van der Waals surface area contributed by atoms with Gasteiger partial charge in [-0.15, -0.1) is 0 Å². The molecule has 1 aliphatic carbocycles. The van der Waals surface area contributed by atoms with Crippen molar-refractivity contribution in [1.29, 1.82) is 0 Å². The van der Waals surface area contributed by atoms with Gasteiger partial charge in [0.15, 0.2) is 0 Å². The highest BCUT2D eigenvalue weighted by Crippen LogP contribution is 2.44. The number of carbonyl (C=O) groups excluding carboxylic acids is 2. The number of rotatable bonds is 6. The quantitative estimate of drug-likeness (QED) is 0.693. The second kappa shape index (κ2) is 8.89. The molecule has 0 bridgehead atoms. The standard InChI is InChI=1S/C26H30N2O5/c1-16(2)22(23(29)28-14-8-13-26(28,3)24(30)31)27-25(32)33-15-21-19-11-6-4-9-17(19)18-10-5-7-12-20(18)21/h4-7,9-12,16,21-22H,8,13-15H2,1-3H3,(H,27,32)(H,30,31)/t22-,26-/m0/s1. The summed E-state index contributed by atoms with van der Waals surface area (Å²) in [6, 6.07) is 15.3. The Morgan fingerprint density at radius 2 is 1.67 bits per heavy atom. The minimum Gasteiger partial charge on any atom is -0.480 e. The number of aliphatic carboxylic acids is 1. The van der Waals surface area contributed by atoms with Crippen molar-refractivity contribution in [3.8, 4) is 11.1 Å². The summed E-state index contributed by atoms with van der Waals surface area (Å²) in [6.45, 7) is 5.71. The van der Waals surface area contributed by atoms with Crippen LogP contribution in [0.15, 0.2) is 48.5 Å². The van der Waals surface area contributed by atoms with E-state index in [0.29, 0.717) is 19.4 Å². The first kappa shape index (κ1) is 22.8. The van der Waals surface area contributed by atoms with Crippen LogP contribution in [-0.2, 0) is 14.3 Å². The number of hydrogen-bond acceptors (Lipinski definition) is 4. The van der Waals surface area contributed by atoms with E-state index in [0.717, 1.165) is 22.3 Å². The topological polar surface area (TPSA) is 95.9 Å². The van der Waals surface area contributed by atoms with Crippen LogP contribution < -0.4 is 5.32 Å². The lowest BCUT2D eigenvalue weighted by Crippen LogP contribution is -2.58. The van der Waals surface area contributed by atoms with Gasteiger partial charge in [-0.25, -0.2) is 9.59 Å². The number of fused-ring (bicyclic) bond motifs is 3. The van der Waals surface area contributed by atoms with Crippen LogP contribution in [0.5, 0.6) is 0 Å². The van der Waals surface area contributed by atoms with Gasteiger partial charge in [0.05, 0.1) is 0 Å². The molecule has 2 aromatic carbocycles. The second-order valence-corrected chi connectivity index (χ2v) is 9.36. The van der Waals surface area contributed by atoms with Crippen molar-refractivity contribution in [3.05, 3.63) is 59.7 Å². The monoisotopic (exact) mass is 450 g/mol. The zero-order chi connectivity index (χ0) is 23.8. The minimum absolute atomic E-state index is 0.0785. The first-order valence-corrected chi connectivity index (χ1v) is 11.4. The fraction of sp³-hybridized carbons (Fsp3) is 0.423. The van der Waals surface area contributed by atoms with Gasteiger partial charge < -0.3 is 20.1 Å². The van der Waals surface area contributed by atoms with E-state index in [1.165, 1.54) is 4.90 Å². The van der Waals surface area contributed by atoms with E-state index in [2.05, 4.69) is 17.4 Å². The van der Waals surface area contributed by atoms with E-state index in [-0.39, 0.29) is 24.3 Å². The van der Waals surface area contributed by atoms with E-state index in [1.807, 2.05) is 50.2 Å². The van der Waals surface area contributed by atoms with Gasteiger partial charge in [0.2, 0.25) is 5.91 Å². The third-order valence-electron chi connectivity index (χ3n) is 6.92. The first-order chi connectivity index (χ1) is 15.7. The van der Waals surface area contributed by atoms with Crippen LogP contribution in [0.25, 0.3) is 11.1 Å². The highest BCUT2D eigenvalue weighted by molar-refractivity contribution is 5.92. The Balaban J connectivity index is 1.46. The SMILES string of the molecule is CC(C)[C@H](NC(=O)OCC1c2ccccc2-c2ccccc21)C(=O)N1CCC[C@@]1(C)C(=O)O. The highest BCUT2D eigenvalue weighted by atomic mass is 16.5. The maximum absolute atomic E-state index is 13.2. The van der Waals surface area contributed by atoms with Crippen molar-refractivity contribution in [2.75, 3.05) is 13.2 Å². The van der Waals surface area contributed by atoms with Crippen LogP contribution >= 0.6 is 0 Å². The number of amides is 2. The summed E-state index contributed by atoms with van der Waals surface area (Å²) in [7, 11) is 0. The molecule has 2 N–H and O–H groups in total. The predicted molar refractivity (Wildman–Crippen MR) is 124 cm³/mol. The molecule has 1 saturated heterocycles. The van der Waals surface area contributed by atoms with Crippen LogP contribution in [0.4, 0.5) is 4.79 Å². The molecule has 7 nitrogen and oxygen atoms in total. The van der Waals surface area contributed by atoms with Crippen LogP contribution in [0.2, 0.25) is 0 Å². The Morgan fingerprint density at radius 3 is 2.21 bits per heavy atom. The Bertz CT molecular complexity index is 1040. The van der Waals surface area contributed by atoms with E-state index in [9.17, 15) is 19.5 Å². The van der Waals surface area contributed by atoms with Gasteiger partial charge in [0.1, 0.15) is 18.2 Å². The van der Waals surface area contributed by atoms with Gasteiger partial charge in [0.25, 0.3) is 0 Å². The lowest BCUT2D eigenvalue weighted by Gasteiger charge is -2.35. The number of carboxylic acid groups (broad SMARTS) is 1. The number of nitrogens with zero attached hydrogens (tertiary/aromatic N) is 1. The number of benzene rings is 2. The van der Waals surface area contributed by atoms with Crippen LogP contribution in [-0.4, -0.2) is 52.7 Å². The van der Waals surface area contributed by atoms with Crippen LogP contribution in [0.3, 0.4) is 0 Å². The summed E-state index contributed by atoms with van der Waals surface area (Å²) < 4.78 is 5.60. The molecule has 4 rings (SSSR count). The Hall–Kier alpha value is -3.35. The average molecular weight is 451 g/mol. The van der Waals surface area contributed by atoms with Gasteiger partial charge in [-0.3, -0.25) is 4.79 Å². The lowest BCUT2D eigenvalue weighted by molar-refractivity contribution is -0.156. The van der Waals surface area contributed by atoms with Crippen molar-refractivity contribution in [3.63, 3.8) is 0 Å². The Morgan fingerprint density at radius 1 is 1.09 bits per heavy atom. The third-order valence-corrected chi connectivity index (χ3v) is 6.92. The van der Waals surface area contributed by atoms with E-state index in [1.54, 1.807) is 6.92 Å². The van der Waals surface area contributed by atoms with Gasteiger partial charge >= 0.3 is 12.1 Å². The van der Waals surface area contributed by atoms with Crippen molar-refractivity contribution in [1.82, 2.24) is 10.2 Å². The van der Waals surface area contributed by atoms with Crippen molar-refractivity contribution in [2.24, 2.45) is 5.92 Å². The Kier molecular flexibility index (Phi) is 6.15. The van der Waals surface area contributed by atoms with Crippen LogP contribution in [0.1, 0.15) is 50.7 Å². The molecule has 2 aliphatic rings. The summed E-state index contributed by atoms with van der Waals surface area (Å²) in [6.07, 6.45) is 0.328. The van der Waals surface area contributed by atoms with Gasteiger partial charge in [-0.2, -0.15) is 0 Å². The lowest BCUT2D eigenvalue weighted by atomic mass is 9.96. The Labute approximate surface area is 193 Å². The molecule has 0 unspecified atom stereocenters. The maximum atomic E-state index is 13.2. The number of likely N-dealkylation sites (tertiary alicyclic amines) is 1. The smallest absolute Gasteiger partial charge is 0.407 e. The second-order valence-electron chi connectivity index (χ2n) is 9.36. The molecule has 0 spiro atoms. The van der Waals surface area contributed by atoms with Gasteiger partial charge in [-0.05, 0) is 47.9 Å². The molecule has 2 atom stereocenters. The van der Waals surface area contributed by atoms with Crippen molar-refractivity contribution >= 4 is 18.0 Å². The number of alkyl carbamates (subject to hydrolysis) is 1. The van der Waals surface area contributed by atoms with Gasteiger partial charge in [0, 0.05) is 12.5 Å². The summed E-state index contributed by atoms with van der Waals surface area (Å²) in [4.78, 5) is 39.1. The molecule has 33 heavy (non-hydrogen) atoms. The van der Waals surface area contributed by atoms with Gasteiger partial charge in [-0.1, -0.05) is 62.4 Å². The minimum atomic E-state index is -1.26. The highest BCUT2D eigenvalue weighted by Gasteiger charge is 2.48. The number of carboxylic acids is 1. The van der Waals surface area contributed by atoms with E-state index in [4.69, 9.17) is 4.74 Å². The summed E-state index contributed by atoms with van der Waals surface area (Å²) in [5.41, 5.74) is 3.24. The summed E-state index contributed by atoms with van der Waals surface area (Å²) in [5, 5.41) is 12.4. The number of ether oxygens (including phenoxy) is 1. The molecule has 1 aliphatic heterocycles. The fourth-order valence-electron chi connectivity index (χ4n) is 4.99. The molecular formula is C26H30N2O5. The largest absolute Gasteiger partial charge is 0.480 e. The first-order valence-electron chi connectivity index (χ1n) is 11.4. The third kappa shape index (κ3) is 4.08. The average Bonchev–Trinajstić information content (AvgIpc) is 3.34. The molecule has 2 amide bonds. The van der Waals surface area contributed by atoms with Crippen molar-refractivity contribution < 1.29 is 24.2 Å². The van der Waals surface area contributed by atoms with Crippen LogP contribution in [0, 0.1) is 5.92 Å². The van der Waals surface area contributed by atoms with E-state index < -0.39 is 23.6 Å². The molecule has 7 heteroatoms. The molecule has 1 fully saturated rings. The maximum Gasteiger partial charge on any atom is 0.407 e. The summed E-state index contributed by atoms with van der Waals surface area (Å²) >= 11 is 0. The zero-order valence-corrected chi connectivity index (χ0v) is 19.2. The molecule has 0 saturated carbocycles.